The number of nitrogens with zero attached hydrogens (tertiary/aromatic N) is 7. The van der Waals surface area contributed by atoms with Crippen molar-refractivity contribution < 1.29 is 62.9 Å². The summed E-state index contributed by atoms with van der Waals surface area (Å²) in [7, 11) is -1.52. The van der Waals surface area contributed by atoms with Crippen molar-refractivity contribution in [1.29, 1.82) is 0 Å². The lowest BCUT2D eigenvalue weighted by molar-refractivity contribution is -0.206. The Labute approximate surface area is 374 Å². The van der Waals surface area contributed by atoms with Gasteiger partial charge in [-0.3, -0.25) is 4.90 Å². The van der Waals surface area contributed by atoms with Gasteiger partial charge in [-0.25, -0.2) is 37.5 Å². The highest BCUT2D eigenvalue weighted by atomic mass is 32.2. The number of anilines is 2. The molecule has 352 valence electrons. The van der Waals surface area contributed by atoms with E-state index in [1.54, 1.807) is 74.2 Å². The molecule has 0 saturated carbocycles. The van der Waals surface area contributed by atoms with Crippen LogP contribution in [0, 0.1) is 12.7 Å². The number of halogens is 7. The first kappa shape index (κ1) is 46.3. The smallest absolute Gasteiger partial charge is 0.427 e. The molecule has 3 aliphatic heterocycles. The Morgan fingerprint density at radius 3 is 1.98 bits per heavy atom. The van der Waals surface area contributed by atoms with Crippen LogP contribution < -0.4 is 24.0 Å². The zero-order valence-corrected chi connectivity index (χ0v) is 37.4. The van der Waals surface area contributed by atoms with Gasteiger partial charge in [0, 0.05) is 31.5 Å². The van der Waals surface area contributed by atoms with Crippen LogP contribution in [0.5, 0.6) is 17.4 Å². The molecule has 8 rings (SSSR count). The van der Waals surface area contributed by atoms with Crippen LogP contribution in [-0.4, -0.2) is 102 Å². The average molecular weight is 948 g/mol. The molecule has 2 fully saturated rings. The number of methoxy groups -OCH3 is 2. The fraction of sp³-hybridized carbons (Fsp3) is 0.432. The largest absolute Gasteiger partial charge is 0.497 e. The van der Waals surface area contributed by atoms with E-state index in [1.165, 1.54) is 19.1 Å². The Morgan fingerprint density at radius 1 is 0.879 bits per heavy atom. The van der Waals surface area contributed by atoms with Gasteiger partial charge in [0.05, 0.1) is 43.6 Å². The molecule has 0 N–H and O–H groups in total. The van der Waals surface area contributed by atoms with E-state index >= 15 is 30.7 Å². The number of hydrogen-bond donors (Lipinski definition) is 0. The molecule has 0 spiro atoms. The molecule has 22 heteroatoms. The summed E-state index contributed by atoms with van der Waals surface area (Å²) in [5.41, 5.74) is -4.85. The zero-order chi connectivity index (χ0) is 47.8. The zero-order valence-electron chi connectivity index (χ0n) is 36.6. The number of carbonyl (C=O) groups excluding carboxylic acids is 1. The molecule has 6 heterocycles. The molecule has 3 aromatic heterocycles. The Bertz CT molecular complexity index is 2760. The van der Waals surface area contributed by atoms with Crippen molar-refractivity contribution in [3.8, 4) is 28.6 Å². The number of aromatic nitrogens is 4. The van der Waals surface area contributed by atoms with Gasteiger partial charge in [0.1, 0.15) is 45.3 Å². The number of sulfone groups is 1. The van der Waals surface area contributed by atoms with Gasteiger partial charge >= 0.3 is 18.4 Å². The maximum absolute atomic E-state index is 17.6. The van der Waals surface area contributed by atoms with E-state index in [9.17, 15) is 13.2 Å². The number of aryl methyl sites for hydroxylation is 1. The number of benzene rings is 2. The van der Waals surface area contributed by atoms with Crippen molar-refractivity contribution in [3.05, 3.63) is 82.8 Å². The number of fused-ring (bicyclic) bond motifs is 5. The number of rotatable bonds is 9. The van der Waals surface area contributed by atoms with Gasteiger partial charge in [-0.2, -0.15) is 26.3 Å². The van der Waals surface area contributed by atoms with Crippen molar-refractivity contribution in [1.82, 2.24) is 24.8 Å². The molecule has 14 nitrogen and oxygen atoms in total. The second kappa shape index (κ2) is 16.6. The molecule has 5 aromatic rings. The summed E-state index contributed by atoms with van der Waals surface area (Å²) in [6.45, 7) is 5.53. The van der Waals surface area contributed by atoms with Crippen LogP contribution in [0.25, 0.3) is 22.2 Å². The maximum atomic E-state index is 17.6. The number of alkyl halides is 6. The molecule has 0 unspecified atom stereocenters. The second-order valence-electron chi connectivity index (χ2n) is 17.4. The van der Waals surface area contributed by atoms with Gasteiger partial charge < -0.3 is 28.7 Å². The van der Waals surface area contributed by atoms with Gasteiger partial charge in [0.15, 0.2) is 5.82 Å². The van der Waals surface area contributed by atoms with Crippen molar-refractivity contribution in [2.45, 2.75) is 101 Å². The number of ether oxygens (including phenoxy) is 4. The predicted molar refractivity (Wildman–Crippen MR) is 226 cm³/mol. The molecule has 2 aromatic carbocycles. The molecule has 2 bridgehead atoms. The monoisotopic (exact) mass is 947 g/mol. The highest BCUT2D eigenvalue weighted by Gasteiger charge is 2.61. The van der Waals surface area contributed by atoms with Crippen molar-refractivity contribution >= 4 is 38.5 Å². The molecular weight excluding hydrogens is 904 g/mol. The van der Waals surface area contributed by atoms with Crippen LogP contribution in [0.4, 0.5) is 47.2 Å². The van der Waals surface area contributed by atoms with Crippen LogP contribution in [-0.2, 0) is 33.8 Å². The lowest BCUT2D eigenvalue weighted by atomic mass is 9.96. The number of pyridine rings is 2. The fourth-order valence-corrected chi connectivity index (χ4v) is 9.36. The lowest BCUT2D eigenvalue weighted by Crippen LogP contribution is -2.68. The summed E-state index contributed by atoms with van der Waals surface area (Å²) in [5, 5.41) is -1.63. The highest BCUT2D eigenvalue weighted by molar-refractivity contribution is 7.90. The number of hydrogen-bond acceptors (Lipinski definition) is 13. The van der Waals surface area contributed by atoms with Crippen molar-refractivity contribution in [3.63, 3.8) is 0 Å². The van der Waals surface area contributed by atoms with E-state index in [0.717, 1.165) is 17.9 Å². The summed E-state index contributed by atoms with van der Waals surface area (Å²) >= 11 is 0. The Hall–Kier alpha value is -6.19. The lowest BCUT2D eigenvalue weighted by Gasteiger charge is -2.48. The van der Waals surface area contributed by atoms with Crippen LogP contribution in [0.3, 0.4) is 0 Å². The third-order valence-electron chi connectivity index (χ3n) is 11.6. The van der Waals surface area contributed by atoms with E-state index in [0.29, 0.717) is 28.9 Å². The van der Waals surface area contributed by atoms with Crippen LogP contribution >= 0.6 is 0 Å². The number of piperazine rings is 1. The van der Waals surface area contributed by atoms with Gasteiger partial charge in [0.25, 0.3) is 0 Å². The minimum Gasteiger partial charge on any atom is -0.497 e. The van der Waals surface area contributed by atoms with Gasteiger partial charge in [0.2, 0.25) is 27.0 Å². The molecule has 3 aliphatic rings. The Morgan fingerprint density at radius 2 is 1.47 bits per heavy atom. The number of amides is 1. The SMILES string of the molecule is COc1ccc(CN(Cc2ccc(OC)cc2)c2cc(-c3nc4c5c(nc(S(C)(=O)=O)nc5c3F)N3C[C@H]5CC[C@@H]([C@H]3[C@H](C(F)(F)F)O4)N5C(=O)OC(C)(C)C)c(C(F)(F)F)c(C)n2)cc1. The minimum atomic E-state index is -5.25. The predicted octanol–water partition coefficient (Wildman–Crippen LogP) is 8.46. The quantitative estimate of drug-likeness (QED) is 0.103. The standard InChI is InChI=1S/C44H44F7N7O7S/c1-22-32(43(46,47)48)28(18-30(52-22)56(19-23-8-13-26(62-5)14-9-23)20-24-10-15-27(63-6)16-11-24)34-33(45)35-31-38(55-40(54-35)66(7,60)61)57-21-25-12-17-29(58(25)41(59)65-42(2,3)4)36(57)37(44(49,50)51)64-39(31)53-34/h8-11,13-16,18,25,29,36-37H,12,17,19-21H2,1-7H3/t25-,29+,36+,37-/m1/s1. The maximum Gasteiger partial charge on any atom is 0.427 e. The summed E-state index contributed by atoms with van der Waals surface area (Å²) in [6.07, 6.45) is -13.3. The molecule has 0 aliphatic carbocycles. The van der Waals surface area contributed by atoms with Gasteiger partial charge in [-0.05, 0) is 82.0 Å². The molecule has 1 amide bonds. The third kappa shape index (κ3) is 8.78. The van der Waals surface area contributed by atoms with Gasteiger partial charge in [-0.1, -0.05) is 24.3 Å². The molecule has 0 radical (unpaired) electrons. The first-order valence-electron chi connectivity index (χ1n) is 20.6. The molecule has 66 heavy (non-hydrogen) atoms. The molecular formula is C44H44F7N7O7S. The normalized spacial score (nSPS) is 19.5. The van der Waals surface area contributed by atoms with E-state index < -0.39 is 114 Å². The van der Waals surface area contributed by atoms with Crippen LogP contribution in [0.2, 0.25) is 0 Å². The summed E-state index contributed by atoms with van der Waals surface area (Å²) < 4.78 is 158. The third-order valence-corrected chi connectivity index (χ3v) is 12.5. The van der Waals surface area contributed by atoms with E-state index in [4.69, 9.17) is 18.9 Å². The van der Waals surface area contributed by atoms with E-state index in [1.807, 2.05) is 0 Å². The Kier molecular flexibility index (Phi) is 11.7. The Balaban J connectivity index is 1.35. The van der Waals surface area contributed by atoms with E-state index in [-0.39, 0.29) is 38.3 Å². The van der Waals surface area contributed by atoms with E-state index in [2.05, 4.69) is 19.9 Å². The minimum absolute atomic E-state index is 0.0229. The number of carbonyl (C=O) groups is 1. The first-order chi connectivity index (χ1) is 30.9. The van der Waals surface area contributed by atoms with Crippen LogP contribution in [0.1, 0.15) is 56.0 Å². The summed E-state index contributed by atoms with van der Waals surface area (Å²) in [6, 6.07) is 10.7. The van der Waals surface area contributed by atoms with Crippen LogP contribution in [0.15, 0.2) is 59.8 Å². The highest BCUT2D eigenvalue weighted by Crippen LogP contribution is 2.50. The summed E-state index contributed by atoms with van der Waals surface area (Å²) in [5.74, 6) is -2.16. The second-order valence-corrected chi connectivity index (χ2v) is 19.3. The molecule has 4 atom stereocenters. The fourth-order valence-electron chi connectivity index (χ4n) is 8.85. The van der Waals surface area contributed by atoms with Crippen molar-refractivity contribution in [2.24, 2.45) is 0 Å². The van der Waals surface area contributed by atoms with Gasteiger partial charge in [-0.15, -0.1) is 0 Å². The molecule has 2 saturated heterocycles. The average Bonchev–Trinajstić information content (AvgIpc) is 3.47. The topological polar surface area (TPSA) is 149 Å². The summed E-state index contributed by atoms with van der Waals surface area (Å²) in [4.78, 5) is 34.1. The van der Waals surface area contributed by atoms with Crippen molar-refractivity contribution in [2.75, 3.05) is 36.8 Å². The first-order valence-corrected chi connectivity index (χ1v) is 22.5.